The normalized spacial score (nSPS) is 18.0. The summed E-state index contributed by atoms with van der Waals surface area (Å²) in [4.78, 5) is 32.4. The van der Waals surface area contributed by atoms with Gasteiger partial charge in [0.25, 0.3) is 0 Å². The number of fused-ring (bicyclic) bond motifs is 2. The molecule has 0 atom stereocenters. The molecule has 2 aliphatic carbocycles. The van der Waals surface area contributed by atoms with Crippen LogP contribution in [0, 0.1) is 11.8 Å². The van der Waals surface area contributed by atoms with Crippen molar-refractivity contribution in [1.82, 2.24) is 20.2 Å². The number of nitrogens with one attached hydrogen (secondary N) is 1. The van der Waals surface area contributed by atoms with Gasteiger partial charge in [0.15, 0.2) is 0 Å². The van der Waals surface area contributed by atoms with Crippen LogP contribution in [0.5, 0.6) is 0 Å². The Morgan fingerprint density at radius 3 is 2.03 bits per heavy atom. The zero-order chi connectivity index (χ0) is 23.4. The zero-order valence-electron chi connectivity index (χ0n) is 18.7. The molecule has 6 rings (SSSR count). The third-order valence-electron chi connectivity index (χ3n) is 6.04. The maximum atomic E-state index is 11.9. The number of hydrogen-bond donors (Lipinski definition) is 1. The fourth-order valence-electron chi connectivity index (χ4n) is 3.79. The predicted octanol–water partition coefficient (Wildman–Crippen LogP) is 4.99. The minimum Gasteiger partial charge on any atom is -0.338 e. The van der Waals surface area contributed by atoms with Crippen LogP contribution in [-0.2, 0) is 35.5 Å². The quantitative estimate of drug-likeness (QED) is 0.425. The molecule has 34 heavy (non-hydrogen) atoms. The molecule has 0 aromatic carbocycles. The van der Waals surface area contributed by atoms with Gasteiger partial charge in [0.2, 0.25) is 11.1 Å². The van der Waals surface area contributed by atoms with E-state index >= 15 is 0 Å². The van der Waals surface area contributed by atoms with Gasteiger partial charge < -0.3 is 10.2 Å². The maximum absolute atomic E-state index is 11.9. The molecule has 4 heterocycles. The van der Waals surface area contributed by atoms with E-state index in [1.54, 1.807) is 6.07 Å². The van der Waals surface area contributed by atoms with E-state index in [1.807, 2.05) is 23.1 Å². The van der Waals surface area contributed by atoms with Crippen molar-refractivity contribution in [3.63, 3.8) is 0 Å². The topological polar surface area (TPSA) is 75.2 Å². The monoisotopic (exact) mass is 544 g/mol. The smallest absolute Gasteiger partial charge is 0.225 e. The molecule has 0 bridgehead atoms. The molecule has 10 heteroatoms. The van der Waals surface area contributed by atoms with Crippen LogP contribution in [0.25, 0.3) is 0 Å². The van der Waals surface area contributed by atoms with Crippen molar-refractivity contribution in [3.05, 3.63) is 57.1 Å². The van der Waals surface area contributed by atoms with E-state index in [1.165, 1.54) is 5.56 Å². The first-order valence-electron chi connectivity index (χ1n) is 11.4. The molecule has 0 radical (unpaired) electrons. The van der Waals surface area contributed by atoms with Gasteiger partial charge in [-0.25, -0.2) is 9.97 Å². The average Bonchev–Trinajstić information content (AvgIpc) is 3.72. The van der Waals surface area contributed by atoms with Crippen LogP contribution in [0.2, 0.25) is 10.3 Å². The largest absolute Gasteiger partial charge is 0.338 e. The molecule has 1 amide bonds. The summed E-state index contributed by atoms with van der Waals surface area (Å²) >= 11 is 16.6. The van der Waals surface area contributed by atoms with E-state index in [0.29, 0.717) is 28.7 Å². The Balaban J connectivity index is 0.000000156. The van der Waals surface area contributed by atoms with E-state index in [9.17, 15) is 9.59 Å². The number of amides is 1. The Kier molecular flexibility index (Phi) is 9.98. The third kappa shape index (κ3) is 7.79. The van der Waals surface area contributed by atoms with Gasteiger partial charge in [0, 0.05) is 62.2 Å². The number of carbonyl (C=O) groups excluding carboxylic acids is 2. The first-order valence-corrected chi connectivity index (χ1v) is 12.5. The number of carbonyl (C=O) groups is 2. The second-order valence-electron chi connectivity index (χ2n) is 8.77. The van der Waals surface area contributed by atoms with Crippen LogP contribution in [0.4, 0.5) is 0 Å². The van der Waals surface area contributed by atoms with Crippen molar-refractivity contribution in [2.75, 3.05) is 13.1 Å². The minimum atomic E-state index is -0.157. The molecule has 0 spiro atoms. The fourth-order valence-corrected chi connectivity index (χ4v) is 4.34. The van der Waals surface area contributed by atoms with Crippen molar-refractivity contribution >= 4 is 58.4 Å². The summed E-state index contributed by atoms with van der Waals surface area (Å²) in [6, 6.07) is 7.66. The highest BCUT2D eigenvalue weighted by Crippen LogP contribution is 2.33. The van der Waals surface area contributed by atoms with Gasteiger partial charge >= 0.3 is 0 Å². The first kappa shape index (κ1) is 27.2. The van der Waals surface area contributed by atoms with Gasteiger partial charge in [-0.1, -0.05) is 35.3 Å². The van der Waals surface area contributed by atoms with Crippen molar-refractivity contribution in [2.24, 2.45) is 11.8 Å². The molecule has 2 aromatic heterocycles. The summed E-state index contributed by atoms with van der Waals surface area (Å²) in [6.07, 6.45) is 6.00. The molecule has 0 unspecified atom stereocenters. The van der Waals surface area contributed by atoms with Crippen molar-refractivity contribution in [3.8, 4) is 0 Å². The predicted molar refractivity (Wildman–Crippen MR) is 137 cm³/mol. The number of rotatable bonds is 2. The van der Waals surface area contributed by atoms with E-state index < -0.39 is 0 Å². The highest BCUT2D eigenvalue weighted by atomic mass is 35.5. The van der Waals surface area contributed by atoms with E-state index in [0.717, 1.165) is 75.1 Å². The van der Waals surface area contributed by atoms with E-state index in [4.69, 9.17) is 34.8 Å². The molecule has 0 saturated heterocycles. The molecule has 4 aliphatic rings. The number of pyridine rings is 2. The minimum absolute atomic E-state index is 0. The summed E-state index contributed by atoms with van der Waals surface area (Å²) in [5, 5.41) is 4.26. The third-order valence-corrected chi connectivity index (χ3v) is 6.77. The zero-order valence-corrected chi connectivity index (χ0v) is 21.8. The Morgan fingerprint density at radius 2 is 1.47 bits per heavy atom. The van der Waals surface area contributed by atoms with Crippen LogP contribution in [0.15, 0.2) is 24.3 Å². The lowest BCUT2D eigenvalue weighted by molar-refractivity contribution is -0.133. The maximum Gasteiger partial charge on any atom is 0.225 e. The van der Waals surface area contributed by atoms with Gasteiger partial charge in [-0.2, -0.15) is 0 Å². The standard InChI is InChI=1S/C12H13ClN2O.C8H9ClN2.C4H5ClO.ClH/c13-11-4-3-9-7-15(6-5-10(9)14-11)12(16)8-1-2-8;9-8-2-1-6-5-10-4-3-7(6)11-8;5-4(6)3-1-2-3;/h3-4,8H,1-2,5-7H2;1-2,10H,3-5H2;3H,1-2H2;1H. The van der Waals surface area contributed by atoms with Crippen LogP contribution in [0.1, 0.15) is 48.2 Å². The van der Waals surface area contributed by atoms with E-state index in [2.05, 4.69) is 15.3 Å². The first-order chi connectivity index (χ1) is 15.9. The molecule has 2 fully saturated rings. The van der Waals surface area contributed by atoms with Crippen LogP contribution >= 0.6 is 47.2 Å². The molecule has 6 nitrogen and oxygen atoms in total. The lowest BCUT2D eigenvalue weighted by atomic mass is 10.1. The summed E-state index contributed by atoms with van der Waals surface area (Å²) in [7, 11) is 0. The Labute approximate surface area is 221 Å². The number of halogens is 4. The molecule has 2 saturated carbocycles. The summed E-state index contributed by atoms with van der Waals surface area (Å²) in [5.74, 6) is 0.856. The molecule has 1 N–H and O–H groups in total. The molecule has 184 valence electrons. The van der Waals surface area contributed by atoms with E-state index in [-0.39, 0.29) is 23.6 Å². The van der Waals surface area contributed by atoms with Gasteiger partial charge in [-0.3, -0.25) is 9.59 Å². The Hall–Kier alpha value is -1.44. The van der Waals surface area contributed by atoms with Gasteiger partial charge in [0.05, 0.1) is 0 Å². The lowest BCUT2D eigenvalue weighted by Crippen LogP contribution is -2.37. The Bertz CT molecular complexity index is 1030. The fraction of sp³-hybridized carbons (Fsp3) is 0.500. The summed E-state index contributed by atoms with van der Waals surface area (Å²) < 4.78 is 0. The van der Waals surface area contributed by atoms with Crippen LogP contribution in [0.3, 0.4) is 0 Å². The van der Waals surface area contributed by atoms with Crippen molar-refractivity contribution in [1.29, 1.82) is 0 Å². The summed E-state index contributed by atoms with van der Waals surface area (Å²) in [5.41, 5.74) is 4.62. The average molecular weight is 546 g/mol. The van der Waals surface area contributed by atoms with Crippen molar-refractivity contribution < 1.29 is 9.59 Å². The van der Waals surface area contributed by atoms with Gasteiger partial charge in [0.1, 0.15) is 10.3 Å². The second-order valence-corrected chi connectivity index (χ2v) is 9.92. The second kappa shape index (κ2) is 12.5. The van der Waals surface area contributed by atoms with Crippen molar-refractivity contribution in [2.45, 2.75) is 51.6 Å². The SMILES string of the molecule is Cl.Clc1ccc2c(n1)CCNC2.O=C(C1CC1)N1CCc2nc(Cl)ccc2C1.O=C(Cl)C1CC1. The Morgan fingerprint density at radius 1 is 0.882 bits per heavy atom. The van der Waals surface area contributed by atoms with Crippen LogP contribution in [-0.4, -0.2) is 39.1 Å². The number of nitrogens with zero attached hydrogens (tertiary/aromatic N) is 3. The number of aromatic nitrogens is 2. The molecular weight excluding hydrogens is 518 g/mol. The number of hydrogen-bond acceptors (Lipinski definition) is 5. The summed E-state index contributed by atoms with van der Waals surface area (Å²) in [6.45, 7) is 3.43. The highest BCUT2D eigenvalue weighted by Gasteiger charge is 2.34. The van der Waals surface area contributed by atoms with Gasteiger partial charge in [-0.05, 0) is 60.5 Å². The molecule has 2 aliphatic heterocycles. The highest BCUT2D eigenvalue weighted by molar-refractivity contribution is 6.64. The molecular formula is C24H28Cl4N4O2. The molecule has 2 aromatic rings. The lowest BCUT2D eigenvalue weighted by Gasteiger charge is -2.28. The van der Waals surface area contributed by atoms with Gasteiger partial charge in [-0.15, -0.1) is 12.4 Å². The van der Waals surface area contributed by atoms with Crippen LogP contribution < -0.4 is 5.32 Å².